The van der Waals surface area contributed by atoms with E-state index in [1.807, 2.05) is 0 Å². The fourth-order valence-electron chi connectivity index (χ4n) is 3.09. The smallest absolute Gasteiger partial charge is 0.0149 e. The van der Waals surface area contributed by atoms with Gasteiger partial charge in [-0.3, -0.25) is 0 Å². The summed E-state index contributed by atoms with van der Waals surface area (Å²) in [6.07, 6.45) is 7.58. The first-order chi connectivity index (χ1) is 10.7. The van der Waals surface area contributed by atoms with E-state index in [4.69, 9.17) is 0 Å². The van der Waals surface area contributed by atoms with Crippen molar-refractivity contribution in [2.75, 3.05) is 0 Å². The van der Waals surface area contributed by atoms with Gasteiger partial charge in [0.25, 0.3) is 0 Å². The first kappa shape index (κ1) is 17.1. The van der Waals surface area contributed by atoms with Gasteiger partial charge in [0, 0.05) is 0 Å². The summed E-state index contributed by atoms with van der Waals surface area (Å²) in [5.74, 6) is 1.65. The van der Waals surface area contributed by atoms with Gasteiger partial charge in [-0.1, -0.05) is 76.9 Å². The highest BCUT2D eigenvalue weighted by Gasteiger charge is 2.08. The molecule has 2 atom stereocenters. The minimum absolute atomic E-state index is 0.823. The average molecular weight is 296 g/mol. The molecule has 2 aromatic rings. The van der Waals surface area contributed by atoms with Crippen molar-refractivity contribution in [1.29, 1.82) is 0 Å². The molecule has 0 fully saturated rings. The molecule has 2 aromatic carbocycles. The van der Waals surface area contributed by atoms with Crippen LogP contribution in [-0.4, -0.2) is 0 Å². The topological polar surface area (TPSA) is 0 Å². The summed E-state index contributed by atoms with van der Waals surface area (Å²) < 4.78 is 0. The molecule has 0 saturated heterocycles. The van der Waals surface area contributed by atoms with Crippen LogP contribution in [0.1, 0.15) is 64.5 Å². The van der Waals surface area contributed by atoms with Crippen molar-refractivity contribution in [1.82, 2.24) is 0 Å². The van der Waals surface area contributed by atoms with Crippen molar-refractivity contribution in [2.24, 2.45) is 11.8 Å². The van der Waals surface area contributed by atoms with Crippen LogP contribution in [0.3, 0.4) is 0 Å². The maximum absolute atomic E-state index is 2.36. The lowest BCUT2D eigenvalue weighted by Gasteiger charge is -2.14. The number of hydrogen-bond donors (Lipinski definition) is 0. The molecular weight excluding hydrogens is 264 g/mol. The van der Waals surface area contributed by atoms with E-state index in [-0.39, 0.29) is 0 Å². The van der Waals surface area contributed by atoms with Crippen LogP contribution in [0.25, 0.3) is 10.8 Å². The second kappa shape index (κ2) is 8.36. The second-order valence-electron chi connectivity index (χ2n) is 7.03. The van der Waals surface area contributed by atoms with Crippen molar-refractivity contribution in [2.45, 2.75) is 66.2 Å². The predicted octanol–water partition coefficient (Wildman–Crippen LogP) is 6.80. The molecule has 0 aliphatic carbocycles. The van der Waals surface area contributed by atoms with Crippen molar-refractivity contribution in [3.63, 3.8) is 0 Å². The fourth-order valence-corrected chi connectivity index (χ4v) is 3.09. The van der Waals surface area contributed by atoms with E-state index in [9.17, 15) is 0 Å². The van der Waals surface area contributed by atoms with E-state index in [0.29, 0.717) is 0 Å². The normalized spacial score (nSPS) is 14.2. The fraction of sp³-hybridized carbons (Fsp3) is 0.545. The first-order valence-corrected chi connectivity index (χ1v) is 9.15. The van der Waals surface area contributed by atoms with Crippen LogP contribution in [0.15, 0.2) is 36.4 Å². The van der Waals surface area contributed by atoms with Crippen LogP contribution in [0.5, 0.6) is 0 Å². The van der Waals surface area contributed by atoms with Crippen LogP contribution in [0.4, 0.5) is 0 Å². The summed E-state index contributed by atoms with van der Waals surface area (Å²) in [6, 6.07) is 13.8. The lowest BCUT2D eigenvalue weighted by Crippen LogP contribution is -1.98. The molecule has 0 amide bonds. The zero-order valence-corrected chi connectivity index (χ0v) is 14.9. The Labute approximate surface area is 136 Å². The quantitative estimate of drug-likeness (QED) is 0.502. The lowest BCUT2D eigenvalue weighted by atomic mass is 9.91. The summed E-state index contributed by atoms with van der Waals surface area (Å²) in [4.78, 5) is 0. The van der Waals surface area contributed by atoms with E-state index in [1.165, 1.54) is 60.4 Å². The molecule has 2 unspecified atom stereocenters. The van der Waals surface area contributed by atoms with Crippen molar-refractivity contribution in [3.05, 3.63) is 47.5 Å². The summed E-state index contributed by atoms with van der Waals surface area (Å²) in [5, 5.41) is 2.96. The van der Waals surface area contributed by atoms with Crippen LogP contribution in [0, 0.1) is 11.8 Å². The van der Waals surface area contributed by atoms with Crippen molar-refractivity contribution in [3.8, 4) is 0 Å². The summed E-state index contributed by atoms with van der Waals surface area (Å²) in [5.41, 5.74) is 3.06. The van der Waals surface area contributed by atoms with Crippen LogP contribution < -0.4 is 0 Å². The molecule has 0 aliphatic heterocycles. The standard InChI is InChI=1S/C22H32/c1-5-17(3)13-15-19-9-7-12-22-20(10-8-11-21(19)22)16-14-18(4)6-2/h7-12,17-18H,5-6,13-16H2,1-4H3. The SMILES string of the molecule is CCC(C)CCc1cccc2c(CCC(C)CC)cccc12. The molecule has 0 aliphatic rings. The molecule has 0 N–H and O–H groups in total. The van der Waals surface area contributed by atoms with Gasteiger partial charge in [0.05, 0.1) is 0 Å². The third-order valence-electron chi connectivity index (χ3n) is 5.31. The number of benzene rings is 2. The molecule has 0 saturated carbocycles. The van der Waals surface area contributed by atoms with Gasteiger partial charge in [-0.05, 0) is 59.4 Å². The van der Waals surface area contributed by atoms with Gasteiger partial charge in [-0.25, -0.2) is 0 Å². The largest absolute Gasteiger partial charge is 0.0651 e. The predicted molar refractivity (Wildman–Crippen MR) is 99.5 cm³/mol. The zero-order valence-electron chi connectivity index (χ0n) is 14.9. The lowest BCUT2D eigenvalue weighted by molar-refractivity contribution is 0.516. The Balaban J connectivity index is 2.22. The van der Waals surface area contributed by atoms with Gasteiger partial charge in [0.2, 0.25) is 0 Å². The average Bonchev–Trinajstić information content (AvgIpc) is 2.57. The Morgan fingerprint density at radius 3 is 1.45 bits per heavy atom. The van der Waals surface area contributed by atoms with Crippen LogP contribution in [0.2, 0.25) is 0 Å². The van der Waals surface area contributed by atoms with E-state index < -0.39 is 0 Å². The molecule has 0 spiro atoms. The van der Waals surface area contributed by atoms with E-state index in [2.05, 4.69) is 64.1 Å². The van der Waals surface area contributed by atoms with Gasteiger partial charge in [0.1, 0.15) is 0 Å². The number of aryl methyl sites for hydroxylation is 2. The van der Waals surface area contributed by atoms with Gasteiger partial charge in [-0.2, -0.15) is 0 Å². The van der Waals surface area contributed by atoms with E-state index in [0.717, 1.165) is 11.8 Å². The molecule has 0 heterocycles. The first-order valence-electron chi connectivity index (χ1n) is 9.15. The molecule has 0 heteroatoms. The molecule has 0 bridgehead atoms. The Morgan fingerprint density at radius 2 is 1.09 bits per heavy atom. The van der Waals surface area contributed by atoms with Crippen LogP contribution >= 0.6 is 0 Å². The van der Waals surface area contributed by atoms with E-state index >= 15 is 0 Å². The highest BCUT2D eigenvalue weighted by molar-refractivity contribution is 5.88. The van der Waals surface area contributed by atoms with E-state index in [1.54, 1.807) is 0 Å². The Morgan fingerprint density at radius 1 is 0.682 bits per heavy atom. The molecule has 0 aromatic heterocycles. The summed E-state index contributed by atoms with van der Waals surface area (Å²) >= 11 is 0. The minimum Gasteiger partial charge on any atom is -0.0651 e. The Hall–Kier alpha value is -1.30. The monoisotopic (exact) mass is 296 g/mol. The third kappa shape index (κ3) is 4.35. The maximum Gasteiger partial charge on any atom is -0.0149 e. The highest BCUT2D eigenvalue weighted by Crippen LogP contribution is 2.26. The Bertz CT molecular complexity index is 528. The van der Waals surface area contributed by atoms with Gasteiger partial charge < -0.3 is 0 Å². The summed E-state index contributed by atoms with van der Waals surface area (Å²) in [7, 11) is 0. The maximum atomic E-state index is 2.36. The zero-order chi connectivity index (χ0) is 15.9. The van der Waals surface area contributed by atoms with Crippen molar-refractivity contribution < 1.29 is 0 Å². The van der Waals surface area contributed by atoms with Gasteiger partial charge in [0.15, 0.2) is 0 Å². The highest BCUT2D eigenvalue weighted by atomic mass is 14.1. The second-order valence-corrected chi connectivity index (χ2v) is 7.03. The number of rotatable bonds is 8. The molecular formula is C22H32. The molecule has 120 valence electrons. The van der Waals surface area contributed by atoms with Crippen LogP contribution in [-0.2, 0) is 12.8 Å². The molecule has 0 nitrogen and oxygen atoms in total. The molecule has 2 rings (SSSR count). The minimum atomic E-state index is 0.823. The van der Waals surface area contributed by atoms with Gasteiger partial charge >= 0.3 is 0 Å². The Kier molecular flexibility index (Phi) is 6.49. The number of fused-ring (bicyclic) bond motifs is 1. The number of hydrogen-bond acceptors (Lipinski definition) is 0. The van der Waals surface area contributed by atoms with Gasteiger partial charge in [-0.15, -0.1) is 0 Å². The van der Waals surface area contributed by atoms with Crippen molar-refractivity contribution >= 4 is 10.8 Å². The third-order valence-corrected chi connectivity index (χ3v) is 5.31. The molecule has 22 heavy (non-hydrogen) atoms. The molecule has 0 radical (unpaired) electrons. The summed E-state index contributed by atoms with van der Waals surface area (Å²) in [6.45, 7) is 9.31.